The summed E-state index contributed by atoms with van der Waals surface area (Å²) >= 11 is 3.39. The van der Waals surface area contributed by atoms with Crippen LogP contribution in [0.2, 0.25) is 0 Å². The lowest BCUT2D eigenvalue weighted by molar-refractivity contribution is 0.0699. The molecule has 0 amide bonds. The molecule has 0 aliphatic rings. The monoisotopic (exact) mass is 317 g/mol. The summed E-state index contributed by atoms with van der Waals surface area (Å²) in [5, 5.41) is 9.92. The third-order valence-electron chi connectivity index (χ3n) is 2.79. The van der Waals surface area contributed by atoms with Crippen molar-refractivity contribution < 1.29 is 14.3 Å². The zero-order chi connectivity index (χ0) is 13.4. The first-order valence-corrected chi connectivity index (χ1v) is 6.32. The highest BCUT2D eigenvalue weighted by atomic mass is 79.9. The number of hydrogen-bond acceptors (Lipinski definition) is 3. The number of para-hydroxylation sites is 1. The lowest BCUT2D eigenvalue weighted by atomic mass is 10.1. The van der Waals surface area contributed by atoms with Crippen molar-refractivity contribution in [3.05, 3.63) is 52.7 Å². The Morgan fingerprint density at radius 2 is 2.11 bits per heavy atom. The summed E-state index contributed by atoms with van der Waals surface area (Å²) in [7, 11) is 0. The van der Waals surface area contributed by atoms with Crippen LogP contribution in [0.25, 0.3) is 22.4 Å². The molecule has 1 aromatic carbocycles. The molecule has 0 bridgehead atoms. The number of carbonyl (C=O) groups is 1. The van der Waals surface area contributed by atoms with Gasteiger partial charge in [0, 0.05) is 9.86 Å². The predicted molar refractivity (Wildman–Crippen MR) is 74.1 cm³/mol. The van der Waals surface area contributed by atoms with Crippen LogP contribution >= 0.6 is 15.9 Å². The first-order chi connectivity index (χ1) is 9.16. The number of aromatic carboxylic acids is 1. The molecule has 2 heterocycles. The Bertz CT molecular complexity index is 766. The largest absolute Gasteiger partial charge is 0.478 e. The van der Waals surface area contributed by atoms with Gasteiger partial charge in [0.25, 0.3) is 0 Å². The molecule has 19 heavy (non-hydrogen) atoms. The highest BCUT2D eigenvalue weighted by Gasteiger charge is 2.15. The van der Waals surface area contributed by atoms with Crippen LogP contribution in [-0.4, -0.2) is 16.1 Å². The van der Waals surface area contributed by atoms with Gasteiger partial charge in [0.2, 0.25) is 0 Å². The molecule has 0 atom stereocenters. The minimum absolute atomic E-state index is 0.206. The van der Waals surface area contributed by atoms with Crippen LogP contribution in [0.4, 0.5) is 0 Å². The quantitative estimate of drug-likeness (QED) is 0.777. The molecular formula is C14H8BrNO3. The smallest absolute Gasteiger partial charge is 0.336 e. The Balaban J connectivity index is 2.38. The maximum atomic E-state index is 11.4. The zero-order valence-electron chi connectivity index (χ0n) is 9.63. The minimum atomic E-state index is -0.988. The number of hydrogen-bond donors (Lipinski definition) is 1. The Morgan fingerprint density at radius 3 is 2.79 bits per heavy atom. The van der Waals surface area contributed by atoms with Crippen molar-refractivity contribution in [2.45, 2.75) is 0 Å². The van der Waals surface area contributed by atoms with Crippen molar-refractivity contribution in [1.29, 1.82) is 0 Å². The average molecular weight is 318 g/mol. The first kappa shape index (κ1) is 11.9. The van der Waals surface area contributed by atoms with Gasteiger partial charge in [-0.05, 0) is 40.2 Å². The normalized spacial score (nSPS) is 10.8. The van der Waals surface area contributed by atoms with Crippen molar-refractivity contribution in [3.63, 3.8) is 0 Å². The molecule has 0 spiro atoms. The molecular weight excluding hydrogens is 310 g/mol. The third kappa shape index (κ3) is 2.02. The van der Waals surface area contributed by atoms with Crippen molar-refractivity contribution >= 4 is 32.8 Å². The van der Waals surface area contributed by atoms with Crippen molar-refractivity contribution in [3.8, 4) is 11.5 Å². The third-order valence-corrected chi connectivity index (χ3v) is 3.43. The van der Waals surface area contributed by atoms with Crippen LogP contribution in [0, 0.1) is 0 Å². The number of pyridine rings is 1. The van der Waals surface area contributed by atoms with Gasteiger partial charge >= 0.3 is 5.97 Å². The molecule has 0 saturated heterocycles. The summed E-state index contributed by atoms with van der Waals surface area (Å²) in [6, 6.07) is 10.4. The fourth-order valence-corrected chi connectivity index (χ4v) is 2.40. The Kier molecular flexibility index (Phi) is 2.83. The number of aromatic nitrogens is 1. The van der Waals surface area contributed by atoms with Crippen molar-refractivity contribution in [2.75, 3.05) is 0 Å². The van der Waals surface area contributed by atoms with Crippen molar-refractivity contribution in [2.24, 2.45) is 0 Å². The van der Waals surface area contributed by atoms with E-state index in [9.17, 15) is 9.90 Å². The highest BCUT2D eigenvalue weighted by molar-refractivity contribution is 9.10. The molecule has 0 aliphatic heterocycles. The molecule has 2 aromatic heterocycles. The number of nitrogens with zero attached hydrogens (tertiary/aromatic N) is 1. The first-order valence-electron chi connectivity index (χ1n) is 5.53. The SMILES string of the molecule is O=C(O)c1cc(-c2ccco2)nc2c(Br)cccc12. The Hall–Kier alpha value is -2.14. The number of fused-ring (bicyclic) bond motifs is 1. The van der Waals surface area contributed by atoms with E-state index in [1.165, 1.54) is 12.3 Å². The molecule has 0 radical (unpaired) electrons. The fourth-order valence-electron chi connectivity index (χ4n) is 1.94. The number of carboxylic acids is 1. The number of halogens is 1. The molecule has 94 valence electrons. The summed E-state index contributed by atoms with van der Waals surface area (Å²) in [4.78, 5) is 15.8. The van der Waals surface area contributed by atoms with Crippen LogP contribution in [0.5, 0.6) is 0 Å². The van der Waals surface area contributed by atoms with Crippen LogP contribution in [0.15, 0.2) is 51.6 Å². The van der Waals surface area contributed by atoms with Gasteiger partial charge in [0.1, 0.15) is 5.69 Å². The lowest BCUT2D eigenvalue weighted by Crippen LogP contribution is -2.00. The van der Waals surface area contributed by atoms with Crippen LogP contribution in [-0.2, 0) is 0 Å². The van der Waals surface area contributed by atoms with E-state index in [-0.39, 0.29) is 5.56 Å². The van der Waals surface area contributed by atoms with Gasteiger partial charge in [-0.1, -0.05) is 12.1 Å². The van der Waals surface area contributed by atoms with Crippen LogP contribution in [0.1, 0.15) is 10.4 Å². The standard InChI is InChI=1S/C14H8BrNO3/c15-10-4-1-3-8-9(14(17)18)7-11(16-13(8)10)12-5-2-6-19-12/h1-7H,(H,17,18). The van der Waals surface area contributed by atoms with Crippen LogP contribution < -0.4 is 0 Å². The number of furan rings is 1. The van der Waals surface area contributed by atoms with Gasteiger partial charge in [-0.3, -0.25) is 0 Å². The van der Waals surface area contributed by atoms with Gasteiger partial charge in [0.15, 0.2) is 5.76 Å². The van der Waals surface area contributed by atoms with Crippen molar-refractivity contribution in [1.82, 2.24) is 4.98 Å². The maximum absolute atomic E-state index is 11.4. The summed E-state index contributed by atoms with van der Waals surface area (Å²) in [6.45, 7) is 0. The minimum Gasteiger partial charge on any atom is -0.478 e. The average Bonchev–Trinajstić information content (AvgIpc) is 2.92. The molecule has 0 fully saturated rings. The predicted octanol–water partition coefficient (Wildman–Crippen LogP) is 3.96. The number of rotatable bonds is 2. The van der Waals surface area contributed by atoms with E-state index in [1.54, 1.807) is 24.3 Å². The van der Waals surface area contributed by atoms with E-state index >= 15 is 0 Å². The highest BCUT2D eigenvalue weighted by Crippen LogP contribution is 2.29. The van der Waals surface area contributed by atoms with Gasteiger partial charge in [0.05, 0.1) is 17.3 Å². The van der Waals surface area contributed by atoms with E-state index in [0.29, 0.717) is 22.4 Å². The molecule has 0 unspecified atom stereocenters. The maximum Gasteiger partial charge on any atom is 0.336 e. The lowest BCUT2D eigenvalue weighted by Gasteiger charge is -2.06. The topological polar surface area (TPSA) is 63.3 Å². The second kappa shape index (κ2) is 4.51. The molecule has 3 rings (SSSR count). The fraction of sp³-hybridized carbons (Fsp3) is 0. The second-order valence-corrected chi connectivity index (χ2v) is 4.83. The van der Waals surface area contributed by atoms with E-state index in [0.717, 1.165) is 4.47 Å². The number of carboxylic acid groups (broad SMARTS) is 1. The molecule has 3 aromatic rings. The summed E-state index contributed by atoms with van der Waals surface area (Å²) in [6.07, 6.45) is 1.53. The van der Waals surface area contributed by atoms with E-state index in [4.69, 9.17) is 4.42 Å². The van der Waals surface area contributed by atoms with Gasteiger partial charge in [-0.2, -0.15) is 0 Å². The zero-order valence-corrected chi connectivity index (χ0v) is 11.2. The van der Waals surface area contributed by atoms with E-state index in [1.807, 2.05) is 6.07 Å². The number of benzene rings is 1. The van der Waals surface area contributed by atoms with Gasteiger partial charge in [-0.15, -0.1) is 0 Å². The van der Waals surface area contributed by atoms with E-state index < -0.39 is 5.97 Å². The molecule has 1 N–H and O–H groups in total. The van der Waals surface area contributed by atoms with Gasteiger partial charge < -0.3 is 9.52 Å². The molecule has 0 saturated carbocycles. The molecule has 4 nitrogen and oxygen atoms in total. The summed E-state index contributed by atoms with van der Waals surface area (Å²) < 4.78 is 6.02. The Morgan fingerprint density at radius 1 is 1.26 bits per heavy atom. The summed E-state index contributed by atoms with van der Waals surface area (Å²) in [5.41, 5.74) is 1.31. The molecule has 0 aliphatic carbocycles. The molecule has 5 heteroatoms. The van der Waals surface area contributed by atoms with Crippen LogP contribution in [0.3, 0.4) is 0 Å². The summed E-state index contributed by atoms with van der Waals surface area (Å²) in [5.74, 6) is -0.446. The second-order valence-electron chi connectivity index (χ2n) is 3.97. The van der Waals surface area contributed by atoms with Gasteiger partial charge in [-0.25, -0.2) is 9.78 Å². The van der Waals surface area contributed by atoms with E-state index in [2.05, 4.69) is 20.9 Å². The Labute approximate surface area is 116 Å².